The Bertz CT molecular complexity index is 1130. The minimum Gasteiger partial charge on any atom is -0.457 e. The summed E-state index contributed by atoms with van der Waals surface area (Å²) in [6.45, 7) is 5.79. The van der Waals surface area contributed by atoms with Gasteiger partial charge in [-0.3, -0.25) is 34.2 Å². The molecule has 0 atom stereocenters. The van der Waals surface area contributed by atoms with Crippen LogP contribution in [0.15, 0.2) is 24.3 Å². The maximum atomic E-state index is 12.5. The second-order valence-corrected chi connectivity index (χ2v) is 7.49. The molecular formula is C22H23N3O7. The second-order valence-electron chi connectivity index (χ2n) is 7.49. The van der Waals surface area contributed by atoms with E-state index in [2.05, 4.69) is 0 Å². The van der Waals surface area contributed by atoms with Crippen molar-refractivity contribution in [3.05, 3.63) is 62.5 Å². The number of carbonyl (C=O) groups excluding carboxylic acids is 4. The maximum Gasteiger partial charge on any atom is 0.308 e. The molecule has 1 aromatic carbocycles. The number of aromatic nitrogens is 1. The molecule has 1 aliphatic rings. The molecule has 10 heteroatoms. The molecule has 10 nitrogen and oxygen atoms in total. The lowest BCUT2D eigenvalue weighted by Gasteiger charge is -2.13. The molecule has 0 saturated heterocycles. The van der Waals surface area contributed by atoms with Gasteiger partial charge in [0.1, 0.15) is 5.56 Å². The van der Waals surface area contributed by atoms with Crippen LogP contribution in [0, 0.1) is 24.0 Å². The predicted molar refractivity (Wildman–Crippen MR) is 113 cm³/mol. The molecule has 32 heavy (non-hydrogen) atoms. The Morgan fingerprint density at radius 2 is 1.84 bits per heavy atom. The summed E-state index contributed by atoms with van der Waals surface area (Å²) in [7, 11) is 0. The fraction of sp³-hybridized carbons (Fsp3) is 0.364. The minimum atomic E-state index is -0.829. The van der Waals surface area contributed by atoms with E-state index in [-0.39, 0.29) is 29.9 Å². The van der Waals surface area contributed by atoms with E-state index < -0.39 is 35.0 Å². The van der Waals surface area contributed by atoms with E-state index in [0.717, 1.165) is 35.3 Å². The first-order chi connectivity index (χ1) is 15.2. The number of ketones is 1. The second kappa shape index (κ2) is 9.13. The highest BCUT2D eigenvalue weighted by atomic mass is 16.6. The number of esters is 1. The largest absolute Gasteiger partial charge is 0.457 e. The fourth-order valence-electron chi connectivity index (χ4n) is 3.82. The zero-order chi connectivity index (χ0) is 23.6. The van der Waals surface area contributed by atoms with E-state index in [1.165, 1.54) is 12.1 Å². The lowest BCUT2D eigenvalue weighted by atomic mass is 10.1. The smallest absolute Gasteiger partial charge is 0.308 e. The molecule has 1 aromatic heterocycles. The molecule has 0 fully saturated rings. The van der Waals surface area contributed by atoms with Crippen LogP contribution in [-0.4, -0.2) is 51.1 Å². The van der Waals surface area contributed by atoms with E-state index in [1.807, 2.05) is 25.3 Å². The highest BCUT2D eigenvalue weighted by Crippen LogP contribution is 2.30. The number of ether oxygens (including phenoxy) is 1. The van der Waals surface area contributed by atoms with Crippen molar-refractivity contribution in [3.8, 4) is 0 Å². The average molecular weight is 441 g/mol. The normalized spacial score (nSPS) is 12.8. The highest BCUT2D eigenvalue weighted by molar-refractivity contribution is 6.23. The minimum absolute atomic E-state index is 0.0739. The van der Waals surface area contributed by atoms with Gasteiger partial charge in [-0.2, -0.15) is 0 Å². The van der Waals surface area contributed by atoms with Gasteiger partial charge < -0.3 is 9.30 Å². The molecule has 2 aromatic rings. The summed E-state index contributed by atoms with van der Waals surface area (Å²) in [6, 6.07) is 5.55. The van der Waals surface area contributed by atoms with Gasteiger partial charge in [-0.1, -0.05) is 13.0 Å². The zero-order valence-corrected chi connectivity index (χ0v) is 18.0. The molecular weight excluding hydrogens is 418 g/mol. The Kier molecular flexibility index (Phi) is 6.52. The number of hydrogen-bond acceptors (Lipinski definition) is 7. The van der Waals surface area contributed by atoms with Gasteiger partial charge in [0.25, 0.3) is 17.5 Å². The number of Topliss-reactive ketones (excluding diaryl/α,β-unsaturated/α-hetero) is 1. The summed E-state index contributed by atoms with van der Waals surface area (Å²) >= 11 is 0. The van der Waals surface area contributed by atoms with Crippen molar-refractivity contribution in [2.24, 2.45) is 0 Å². The molecule has 0 radical (unpaired) electrons. The van der Waals surface area contributed by atoms with Crippen molar-refractivity contribution in [1.29, 1.82) is 0 Å². The van der Waals surface area contributed by atoms with Gasteiger partial charge in [-0.15, -0.1) is 0 Å². The molecule has 0 spiro atoms. The zero-order valence-electron chi connectivity index (χ0n) is 18.0. The van der Waals surface area contributed by atoms with Crippen LogP contribution < -0.4 is 0 Å². The lowest BCUT2D eigenvalue weighted by molar-refractivity contribution is -0.385. The Morgan fingerprint density at radius 3 is 2.50 bits per heavy atom. The number of nitro benzene ring substituents is 1. The summed E-state index contributed by atoms with van der Waals surface area (Å²) in [4.78, 5) is 60.8. The number of amides is 2. The van der Waals surface area contributed by atoms with Crippen LogP contribution in [0.5, 0.6) is 0 Å². The first kappa shape index (κ1) is 22.9. The Morgan fingerprint density at radius 1 is 1.12 bits per heavy atom. The molecule has 0 bridgehead atoms. The van der Waals surface area contributed by atoms with E-state index in [9.17, 15) is 29.3 Å². The number of fused-ring (bicyclic) bond motifs is 1. The quantitative estimate of drug-likeness (QED) is 0.192. The molecule has 2 heterocycles. The highest BCUT2D eigenvalue weighted by Gasteiger charge is 2.40. The van der Waals surface area contributed by atoms with Crippen molar-refractivity contribution in [1.82, 2.24) is 9.47 Å². The third-order valence-electron chi connectivity index (χ3n) is 5.40. The lowest BCUT2D eigenvalue weighted by Crippen LogP contribution is -2.32. The Hall–Kier alpha value is -3.82. The number of aryl methyl sites for hydroxylation is 1. The standard InChI is InChI=1S/C22H23N3O7/c1-4-9-23-13(2)11-16(14(23)3)18(26)12-32-19(27)8-10-24-21(28)15-6-5-7-17(25(30)31)20(15)22(24)29/h5-7,11H,4,8-10,12H2,1-3H3. The molecule has 0 N–H and O–H groups in total. The van der Waals surface area contributed by atoms with Crippen LogP contribution in [0.25, 0.3) is 0 Å². The monoisotopic (exact) mass is 441 g/mol. The number of nitrogens with zero attached hydrogens (tertiary/aromatic N) is 3. The number of benzene rings is 1. The van der Waals surface area contributed by atoms with Gasteiger partial charge in [-0.05, 0) is 32.4 Å². The fourth-order valence-corrected chi connectivity index (χ4v) is 3.82. The van der Waals surface area contributed by atoms with Gasteiger partial charge in [0.2, 0.25) is 5.78 Å². The van der Waals surface area contributed by atoms with Gasteiger partial charge in [-0.25, -0.2) is 0 Å². The summed E-state index contributed by atoms with van der Waals surface area (Å²) in [5, 5.41) is 11.2. The van der Waals surface area contributed by atoms with E-state index in [4.69, 9.17) is 4.74 Å². The van der Waals surface area contributed by atoms with Crippen LogP contribution in [-0.2, 0) is 16.1 Å². The number of rotatable bonds is 9. The first-order valence-electron chi connectivity index (χ1n) is 10.2. The van der Waals surface area contributed by atoms with Crippen molar-refractivity contribution < 1.29 is 28.8 Å². The topological polar surface area (TPSA) is 129 Å². The van der Waals surface area contributed by atoms with Crippen molar-refractivity contribution in [2.45, 2.75) is 40.2 Å². The van der Waals surface area contributed by atoms with Gasteiger partial charge in [0.15, 0.2) is 6.61 Å². The van der Waals surface area contributed by atoms with Crippen LogP contribution >= 0.6 is 0 Å². The predicted octanol–water partition coefficient (Wildman–Crippen LogP) is 2.84. The summed E-state index contributed by atoms with van der Waals surface area (Å²) in [5.41, 5.74) is 1.41. The van der Waals surface area contributed by atoms with Gasteiger partial charge in [0.05, 0.1) is 16.9 Å². The van der Waals surface area contributed by atoms with E-state index in [1.54, 1.807) is 6.07 Å². The molecule has 0 aliphatic carbocycles. The molecule has 168 valence electrons. The Labute approximate surface area is 183 Å². The summed E-state index contributed by atoms with van der Waals surface area (Å²) in [6.07, 6.45) is 0.585. The van der Waals surface area contributed by atoms with Crippen LogP contribution in [0.1, 0.15) is 62.2 Å². The van der Waals surface area contributed by atoms with Crippen LogP contribution in [0.2, 0.25) is 0 Å². The summed E-state index contributed by atoms with van der Waals surface area (Å²) < 4.78 is 7.06. The van der Waals surface area contributed by atoms with E-state index >= 15 is 0 Å². The Balaban J connectivity index is 1.59. The number of nitro groups is 1. The molecule has 0 unspecified atom stereocenters. The third kappa shape index (κ3) is 4.16. The number of imide groups is 1. The molecule has 0 saturated carbocycles. The molecule has 3 rings (SSSR count). The molecule has 2 amide bonds. The SMILES string of the molecule is CCCn1c(C)cc(C(=O)COC(=O)CCN2C(=O)c3cccc([N+](=O)[O-])c3C2=O)c1C. The van der Waals surface area contributed by atoms with E-state index in [0.29, 0.717) is 5.56 Å². The van der Waals surface area contributed by atoms with Crippen LogP contribution in [0.4, 0.5) is 5.69 Å². The van der Waals surface area contributed by atoms with Gasteiger partial charge >= 0.3 is 5.97 Å². The number of carbonyl (C=O) groups is 4. The van der Waals surface area contributed by atoms with Gasteiger partial charge in [0, 0.05) is 36.1 Å². The third-order valence-corrected chi connectivity index (χ3v) is 5.40. The number of hydrogen-bond donors (Lipinski definition) is 0. The summed E-state index contributed by atoms with van der Waals surface area (Å²) in [5.74, 6) is -2.64. The van der Waals surface area contributed by atoms with Crippen molar-refractivity contribution >= 4 is 29.3 Å². The first-order valence-corrected chi connectivity index (χ1v) is 10.2. The van der Waals surface area contributed by atoms with Crippen molar-refractivity contribution in [2.75, 3.05) is 13.2 Å². The average Bonchev–Trinajstić information content (AvgIpc) is 3.18. The van der Waals surface area contributed by atoms with Crippen molar-refractivity contribution in [3.63, 3.8) is 0 Å². The maximum absolute atomic E-state index is 12.5. The molecule has 1 aliphatic heterocycles. The van der Waals surface area contributed by atoms with Crippen LogP contribution in [0.3, 0.4) is 0 Å².